The lowest BCUT2D eigenvalue weighted by Crippen LogP contribution is -2.41. The molecule has 21 heavy (non-hydrogen) atoms. The summed E-state index contributed by atoms with van der Waals surface area (Å²) in [5.41, 5.74) is 1.10. The van der Waals surface area contributed by atoms with Crippen molar-refractivity contribution in [2.24, 2.45) is 0 Å². The molecule has 0 saturated carbocycles. The highest BCUT2D eigenvalue weighted by Crippen LogP contribution is 2.37. The van der Waals surface area contributed by atoms with Crippen LogP contribution in [0.15, 0.2) is 29.8 Å². The van der Waals surface area contributed by atoms with Crippen LogP contribution in [-0.2, 0) is 9.31 Å². The van der Waals surface area contributed by atoms with Crippen LogP contribution in [0, 0.1) is 5.82 Å². The van der Waals surface area contributed by atoms with Crippen LogP contribution in [0.25, 0.3) is 0 Å². The molecule has 1 fully saturated rings. The van der Waals surface area contributed by atoms with Gasteiger partial charge in [-0.2, -0.15) is 0 Å². The second-order valence-corrected chi connectivity index (χ2v) is 6.20. The van der Waals surface area contributed by atoms with Crippen molar-refractivity contribution in [2.75, 3.05) is 6.61 Å². The topological polar surface area (TPSA) is 27.7 Å². The lowest BCUT2D eigenvalue weighted by Gasteiger charge is -2.32. The quantitative estimate of drug-likeness (QED) is 0.799. The van der Waals surface area contributed by atoms with Gasteiger partial charge in [0.05, 0.1) is 11.2 Å². The summed E-state index contributed by atoms with van der Waals surface area (Å²) in [6.45, 7) is 8.11. The molecule has 0 aromatic heterocycles. The fourth-order valence-electron chi connectivity index (χ4n) is 1.97. The summed E-state index contributed by atoms with van der Waals surface area (Å²) >= 11 is 5.46. The van der Waals surface area contributed by atoms with E-state index in [-0.39, 0.29) is 12.4 Å². The number of benzene rings is 1. The van der Waals surface area contributed by atoms with Crippen molar-refractivity contribution in [3.8, 4) is 5.75 Å². The molecule has 1 aliphatic rings. The van der Waals surface area contributed by atoms with Gasteiger partial charge in [-0.3, -0.25) is 0 Å². The van der Waals surface area contributed by atoms with Crippen molar-refractivity contribution in [3.05, 3.63) is 35.6 Å². The first-order valence-corrected chi connectivity index (χ1v) is 7.23. The number of halogens is 2. The highest BCUT2D eigenvalue weighted by molar-refractivity contribution is 6.63. The van der Waals surface area contributed by atoms with Crippen LogP contribution in [0.2, 0.25) is 0 Å². The third-order valence-electron chi connectivity index (χ3n) is 3.91. The Labute approximate surface area is 130 Å². The van der Waals surface area contributed by atoms with Crippen LogP contribution in [0.5, 0.6) is 5.75 Å². The van der Waals surface area contributed by atoms with E-state index in [2.05, 4.69) is 0 Å². The van der Waals surface area contributed by atoms with Gasteiger partial charge in [-0.15, -0.1) is 0 Å². The summed E-state index contributed by atoms with van der Waals surface area (Å²) in [5, 5.41) is 0. The monoisotopic (exact) mass is 312 g/mol. The Balaban J connectivity index is 2.28. The van der Waals surface area contributed by atoms with Gasteiger partial charge in [-0.25, -0.2) is 4.39 Å². The van der Waals surface area contributed by atoms with E-state index in [9.17, 15) is 4.39 Å². The molecule has 0 atom stereocenters. The van der Waals surface area contributed by atoms with Gasteiger partial charge in [0, 0.05) is 17.1 Å². The first-order chi connectivity index (χ1) is 9.77. The van der Waals surface area contributed by atoms with Crippen LogP contribution in [0.1, 0.15) is 27.7 Å². The third-order valence-corrected chi connectivity index (χ3v) is 4.09. The molecule has 1 aromatic rings. The Morgan fingerprint density at radius 2 is 1.86 bits per heavy atom. The zero-order valence-electron chi connectivity index (χ0n) is 12.7. The molecule has 1 aromatic carbocycles. The highest BCUT2D eigenvalue weighted by atomic mass is 35.5. The molecule has 6 heteroatoms. The van der Waals surface area contributed by atoms with Gasteiger partial charge < -0.3 is 14.0 Å². The summed E-state index contributed by atoms with van der Waals surface area (Å²) in [7, 11) is -0.592. The van der Waals surface area contributed by atoms with Crippen LogP contribution < -0.4 is 10.2 Å². The van der Waals surface area contributed by atoms with Crippen molar-refractivity contribution in [1.82, 2.24) is 0 Å². The van der Waals surface area contributed by atoms with Crippen LogP contribution in [-0.4, -0.2) is 24.9 Å². The second-order valence-electron chi connectivity index (χ2n) is 5.94. The molecule has 0 spiro atoms. The zero-order chi connectivity index (χ0) is 15.7. The molecule has 0 aliphatic carbocycles. The number of hydrogen-bond acceptors (Lipinski definition) is 3. The molecule has 0 unspecified atom stereocenters. The van der Waals surface area contributed by atoms with Gasteiger partial charge in [-0.05, 0) is 39.8 Å². The highest BCUT2D eigenvalue weighted by Gasteiger charge is 2.52. The molecule has 3 nitrogen and oxygen atoms in total. The first-order valence-electron chi connectivity index (χ1n) is 6.80. The minimum absolute atomic E-state index is 0.249. The Kier molecular flexibility index (Phi) is 4.66. The predicted molar refractivity (Wildman–Crippen MR) is 82.6 cm³/mol. The molecule has 1 aliphatic heterocycles. The molecule has 0 radical (unpaired) electrons. The number of rotatable bonds is 4. The summed E-state index contributed by atoms with van der Waals surface area (Å²) in [6, 6.07) is 4.31. The third kappa shape index (κ3) is 3.42. The average Bonchev–Trinajstić information content (AvgIpc) is 2.58. The molecular formula is C15H19BClFO3. The minimum atomic E-state index is -0.592. The first kappa shape index (κ1) is 16.3. The zero-order valence-corrected chi connectivity index (χ0v) is 13.4. The van der Waals surface area contributed by atoms with Crippen LogP contribution >= 0.6 is 11.6 Å². The Morgan fingerprint density at radius 3 is 2.43 bits per heavy atom. The second kappa shape index (κ2) is 5.99. The lowest BCUT2D eigenvalue weighted by molar-refractivity contribution is 0.00578. The van der Waals surface area contributed by atoms with Crippen molar-refractivity contribution in [1.29, 1.82) is 0 Å². The maximum atomic E-state index is 13.4. The summed E-state index contributed by atoms with van der Waals surface area (Å²) in [4.78, 5) is 0. The smallest absolute Gasteiger partial charge is 0.490 e. The van der Waals surface area contributed by atoms with Crippen molar-refractivity contribution in [3.63, 3.8) is 0 Å². The molecule has 0 bridgehead atoms. The standard InChI is InChI=1S/C15H19BClFO3/c1-14(2)15(3,4)21-16(20-14)12-7-6-11(18)10-13(12)19-9-5-8-17/h5-8,10H,9H2,1-4H3/b8-5+. The lowest BCUT2D eigenvalue weighted by atomic mass is 9.78. The van der Waals surface area contributed by atoms with Crippen LogP contribution in [0.4, 0.5) is 4.39 Å². The van der Waals surface area contributed by atoms with E-state index in [1.807, 2.05) is 27.7 Å². The number of ether oxygens (including phenoxy) is 1. The summed E-state index contributed by atoms with van der Waals surface area (Å²) in [5.74, 6) is 0.0170. The minimum Gasteiger partial charge on any atom is -0.490 e. The van der Waals surface area contributed by atoms with Crippen molar-refractivity contribution in [2.45, 2.75) is 38.9 Å². The van der Waals surface area contributed by atoms with E-state index in [0.717, 1.165) is 0 Å². The molecule has 114 valence electrons. The van der Waals surface area contributed by atoms with Crippen molar-refractivity contribution < 1.29 is 18.4 Å². The molecule has 0 N–H and O–H groups in total. The Morgan fingerprint density at radius 1 is 1.24 bits per heavy atom. The van der Waals surface area contributed by atoms with Gasteiger partial charge in [0.25, 0.3) is 0 Å². The fraction of sp³-hybridized carbons (Fsp3) is 0.467. The molecule has 1 saturated heterocycles. The summed E-state index contributed by atoms with van der Waals surface area (Å²) in [6.07, 6.45) is 1.63. The number of hydrogen-bond donors (Lipinski definition) is 0. The average molecular weight is 313 g/mol. The largest absolute Gasteiger partial charge is 0.498 e. The Hall–Kier alpha value is -1.04. The Bertz CT molecular complexity index is 530. The SMILES string of the molecule is CC1(C)OB(c2ccc(F)cc2OC/C=C/Cl)OC1(C)C. The van der Waals surface area contributed by atoms with E-state index in [1.165, 1.54) is 17.7 Å². The maximum Gasteiger partial charge on any atom is 0.498 e. The predicted octanol–water partition coefficient (Wildman–Crippen LogP) is 3.26. The maximum absolute atomic E-state index is 13.4. The van der Waals surface area contributed by atoms with Gasteiger partial charge in [-0.1, -0.05) is 17.7 Å². The van der Waals surface area contributed by atoms with E-state index in [0.29, 0.717) is 11.2 Å². The van der Waals surface area contributed by atoms with E-state index < -0.39 is 18.3 Å². The molecule has 2 rings (SSSR count). The fourth-order valence-corrected chi connectivity index (χ4v) is 2.04. The van der Waals surface area contributed by atoms with E-state index >= 15 is 0 Å². The molecule has 0 amide bonds. The molecular weight excluding hydrogens is 293 g/mol. The van der Waals surface area contributed by atoms with Gasteiger partial charge in [0.15, 0.2) is 0 Å². The van der Waals surface area contributed by atoms with Crippen LogP contribution in [0.3, 0.4) is 0 Å². The van der Waals surface area contributed by atoms with Gasteiger partial charge in [0.1, 0.15) is 18.2 Å². The summed E-state index contributed by atoms with van der Waals surface area (Å²) < 4.78 is 30.9. The van der Waals surface area contributed by atoms with E-state index in [1.54, 1.807) is 12.1 Å². The van der Waals surface area contributed by atoms with E-state index in [4.69, 9.17) is 25.6 Å². The normalized spacial score (nSPS) is 20.2. The van der Waals surface area contributed by atoms with Crippen molar-refractivity contribution >= 4 is 24.2 Å². The van der Waals surface area contributed by atoms with Gasteiger partial charge >= 0.3 is 7.12 Å². The van der Waals surface area contributed by atoms with Gasteiger partial charge in [0.2, 0.25) is 0 Å². The molecule has 1 heterocycles.